The normalized spacial score (nSPS) is 11.5. The van der Waals surface area contributed by atoms with Crippen LogP contribution in [0, 0.1) is 5.92 Å². The molecule has 4 heteroatoms. The van der Waals surface area contributed by atoms with Crippen LogP contribution in [0.4, 0.5) is 0 Å². The van der Waals surface area contributed by atoms with Crippen LogP contribution >= 0.6 is 23.2 Å². The summed E-state index contributed by atoms with van der Waals surface area (Å²) in [6.45, 7) is 8.58. The Bertz CT molecular complexity index is 380. The summed E-state index contributed by atoms with van der Waals surface area (Å²) >= 11 is 12.1. The maximum Gasteiger partial charge on any atom is 0.0439 e. The summed E-state index contributed by atoms with van der Waals surface area (Å²) in [7, 11) is 2.13. The topological polar surface area (TPSA) is 15.3 Å². The number of nitrogens with one attached hydrogen (secondary N) is 1. The van der Waals surface area contributed by atoms with Gasteiger partial charge < -0.3 is 10.2 Å². The van der Waals surface area contributed by atoms with Gasteiger partial charge in [0, 0.05) is 29.7 Å². The van der Waals surface area contributed by atoms with Gasteiger partial charge in [0.2, 0.25) is 0 Å². The molecule has 0 aliphatic heterocycles. The predicted molar refractivity (Wildman–Crippen MR) is 85.4 cm³/mol. The highest BCUT2D eigenvalue weighted by atomic mass is 35.5. The standard InChI is InChI=1S/C15H24Cl2N2/c1-12(2)11-18-7-9-19(3)8-6-13-10-14(16)4-5-15(13)17/h4-5,10,12,18H,6-9,11H2,1-3H3. The zero-order chi connectivity index (χ0) is 14.3. The summed E-state index contributed by atoms with van der Waals surface area (Å²) < 4.78 is 0. The van der Waals surface area contributed by atoms with Gasteiger partial charge in [-0.2, -0.15) is 0 Å². The fraction of sp³-hybridized carbons (Fsp3) is 0.600. The Kier molecular flexibility index (Phi) is 7.77. The minimum absolute atomic E-state index is 0.704. The van der Waals surface area contributed by atoms with Crippen LogP contribution in [-0.4, -0.2) is 38.1 Å². The Morgan fingerprint density at radius 2 is 1.95 bits per heavy atom. The smallest absolute Gasteiger partial charge is 0.0439 e. The molecule has 1 aromatic carbocycles. The number of rotatable bonds is 8. The molecular weight excluding hydrogens is 279 g/mol. The monoisotopic (exact) mass is 302 g/mol. The van der Waals surface area contributed by atoms with E-state index in [0.717, 1.165) is 48.2 Å². The van der Waals surface area contributed by atoms with Crippen molar-refractivity contribution >= 4 is 23.2 Å². The zero-order valence-electron chi connectivity index (χ0n) is 12.0. The zero-order valence-corrected chi connectivity index (χ0v) is 13.6. The second kappa shape index (κ2) is 8.80. The van der Waals surface area contributed by atoms with Crippen LogP contribution in [0.15, 0.2) is 18.2 Å². The van der Waals surface area contributed by atoms with Gasteiger partial charge in [-0.3, -0.25) is 0 Å². The van der Waals surface area contributed by atoms with Gasteiger partial charge in [-0.25, -0.2) is 0 Å². The highest BCUT2D eigenvalue weighted by Crippen LogP contribution is 2.21. The molecule has 0 radical (unpaired) electrons. The van der Waals surface area contributed by atoms with E-state index >= 15 is 0 Å². The SMILES string of the molecule is CC(C)CNCCN(C)CCc1cc(Cl)ccc1Cl. The van der Waals surface area contributed by atoms with Crippen molar-refractivity contribution < 1.29 is 0 Å². The lowest BCUT2D eigenvalue weighted by Crippen LogP contribution is -2.32. The third-order valence-corrected chi connectivity index (χ3v) is 3.60. The van der Waals surface area contributed by atoms with E-state index in [1.165, 1.54) is 0 Å². The third-order valence-electron chi connectivity index (χ3n) is 2.99. The summed E-state index contributed by atoms with van der Waals surface area (Å²) in [4.78, 5) is 2.31. The van der Waals surface area contributed by atoms with Gasteiger partial charge >= 0.3 is 0 Å². The molecule has 0 aliphatic carbocycles. The molecule has 19 heavy (non-hydrogen) atoms. The Hall–Kier alpha value is -0.280. The van der Waals surface area contributed by atoms with Gasteiger partial charge in [0.1, 0.15) is 0 Å². The van der Waals surface area contributed by atoms with Crippen molar-refractivity contribution in [1.29, 1.82) is 0 Å². The summed E-state index contributed by atoms with van der Waals surface area (Å²) in [5.74, 6) is 0.704. The molecule has 1 rings (SSSR count). The van der Waals surface area contributed by atoms with Gasteiger partial charge in [0.15, 0.2) is 0 Å². The maximum atomic E-state index is 6.15. The average molecular weight is 303 g/mol. The minimum atomic E-state index is 0.704. The van der Waals surface area contributed by atoms with Crippen molar-refractivity contribution in [2.45, 2.75) is 20.3 Å². The van der Waals surface area contributed by atoms with E-state index in [9.17, 15) is 0 Å². The number of likely N-dealkylation sites (N-methyl/N-ethyl adjacent to an activating group) is 1. The van der Waals surface area contributed by atoms with Crippen molar-refractivity contribution in [2.24, 2.45) is 5.92 Å². The molecule has 1 aromatic rings. The Morgan fingerprint density at radius 1 is 1.21 bits per heavy atom. The van der Waals surface area contributed by atoms with E-state index < -0.39 is 0 Å². The third kappa shape index (κ3) is 7.17. The van der Waals surface area contributed by atoms with E-state index in [-0.39, 0.29) is 0 Å². The quantitative estimate of drug-likeness (QED) is 0.736. The molecule has 0 amide bonds. The number of halogens is 2. The second-order valence-corrected chi connectivity index (χ2v) is 6.23. The average Bonchev–Trinajstić information content (AvgIpc) is 2.35. The summed E-state index contributed by atoms with van der Waals surface area (Å²) in [5, 5.41) is 5.00. The summed E-state index contributed by atoms with van der Waals surface area (Å²) in [5.41, 5.74) is 1.12. The van der Waals surface area contributed by atoms with Crippen molar-refractivity contribution in [3.63, 3.8) is 0 Å². The number of benzene rings is 1. The fourth-order valence-corrected chi connectivity index (χ4v) is 2.23. The molecule has 0 saturated carbocycles. The Morgan fingerprint density at radius 3 is 2.63 bits per heavy atom. The predicted octanol–water partition coefficient (Wildman–Crippen LogP) is 3.71. The minimum Gasteiger partial charge on any atom is -0.315 e. The largest absolute Gasteiger partial charge is 0.315 e. The molecule has 0 unspecified atom stereocenters. The molecule has 2 nitrogen and oxygen atoms in total. The van der Waals surface area contributed by atoms with Crippen LogP contribution in [0.1, 0.15) is 19.4 Å². The molecule has 0 saturated heterocycles. The van der Waals surface area contributed by atoms with Crippen LogP contribution in [0.3, 0.4) is 0 Å². The number of hydrogen-bond acceptors (Lipinski definition) is 2. The highest BCUT2D eigenvalue weighted by molar-refractivity contribution is 6.33. The van der Waals surface area contributed by atoms with Gasteiger partial charge in [0.05, 0.1) is 0 Å². The molecule has 0 heterocycles. The van der Waals surface area contributed by atoms with Gasteiger partial charge in [-0.15, -0.1) is 0 Å². The molecule has 0 bridgehead atoms. The summed E-state index contributed by atoms with van der Waals surface area (Å²) in [6, 6.07) is 5.64. The maximum absolute atomic E-state index is 6.15. The van der Waals surface area contributed by atoms with Crippen LogP contribution < -0.4 is 5.32 Å². The first-order valence-corrected chi connectivity index (χ1v) is 7.58. The van der Waals surface area contributed by atoms with Crippen molar-refractivity contribution in [1.82, 2.24) is 10.2 Å². The first kappa shape index (κ1) is 16.8. The van der Waals surface area contributed by atoms with Gasteiger partial charge in [-0.1, -0.05) is 37.0 Å². The molecule has 0 spiro atoms. The fourth-order valence-electron chi connectivity index (χ4n) is 1.82. The molecule has 1 N–H and O–H groups in total. The van der Waals surface area contributed by atoms with Crippen LogP contribution in [-0.2, 0) is 6.42 Å². The van der Waals surface area contributed by atoms with Gasteiger partial charge in [-0.05, 0) is 49.7 Å². The van der Waals surface area contributed by atoms with Crippen LogP contribution in [0.25, 0.3) is 0 Å². The lowest BCUT2D eigenvalue weighted by Gasteiger charge is -2.18. The molecule has 0 fully saturated rings. The van der Waals surface area contributed by atoms with E-state index in [0.29, 0.717) is 5.92 Å². The lowest BCUT2D eigenvalue weighted by atomic mass is 10.1. The van der Waals surface area contributed by atoms with Crippen molar-refractivity contribution in [3.05, 3.63) is 33.8 Å². The lowest BCUT2D eigenvalue weighted by molar-refractivity contribution is 0.332. The second-order valence-electron chi connectivity index (χ2n) is 5.39. The highest BCUT2D eigenvalue weighted by Gasteiger charge is 2.04. The van der Waals surface area contributed by atoms with E-state index in [1.807, 2.05) is 18.2 Å². The van der Waals surface area contributed by atoms with E-state index in [1.54, 1.807) is 0 Å². The Balaban J connectivity index is 2.26. The van der Waals surface area contributed by atoms with Crippen LogP contribution in [0.5, 0.6) is 0 Å². The Labute approximate surface area is 127 Å². The molecule has 0 aliphatic rings. The van der Waals surface area contributed by atoms with Crippen molar-refractivity contribution in [3.8, 4) is 0 Å². The van der Waals surface area contributed by atoms with Gasteiger partial charge in [0.25, 0.3) is 0 Å². The first-order chi connectivity index (χ1) is 8.99. The van der Waals surface area contributed by atoms with Crippen molar-refractivity contribution in [2.75, 3.05) is 33.2 Å². The summed E-state index contributed by atoms with van der Waals surface area (Å²) in [6.07, 6.45) is 0.931. The first-order valence-electron chi connectivity index (χ1n) is 6.82. The van der Waals surface area contributed by atoms with E-state index in [2.05, 4.69) is 31.1 Å². The number of hydrogen-bond donors (Lipinski definition) is 1. The molecule has 108 valence electrons. The molecule has 0 atom stereocenters. The molecular formula is C15H24Cl2N2. The molecule has 0 aromatic heterocycles. The van der Waals surface area contributed by atoms with Crippen LogP contribution in [0.2, 0.25) is 10.0 Å². The van der Waals surface area contributed by atoms with E-state index in [4.69, 9.17) is 23.2 Å². The number of nitrogens with zero attached hydrogens (tertiary/aromatic N) is 1.